The predicted octanol–water partition coefficient (Wildman–Crippen LogP) is 3.28. The van der Waals surface area contributed by atoms with Crippen LogP contribution >= 0.6 is 11.3 Å². The lowest BCUT2D eigenvalue weighted by Gasteiger charge is -2.28. The van der Waals surface area contributed by atoms with Crippen LogP contribution in [0.5, 0.6) is 0 Å². The number of hydrogen-bond acceptors (Lipinski definition) is 6. The van der Waals surface area contributed by atoms with Crippen molar-refractivity contribution >= 4 is 33.7 Å². The van der Waals surface area contributed by atoms with Gasteiger partial charge in [-0.15, -0.1) is 11.3 Å². The molecule has 1 aromatic carbocycles. The minimum absolute atomic E-state index is 0.334. The Morgan fingerprint density at radius 3 is 2.75 bits per heavy atom. The van der Waals surface area contributed by atoms with E-state index in [9.17, 15) is 0 Å². The van der Waals surface area contributed by atoms with Crippen LogP contribution in [0.25, 0.3) is 11.0 Å². The summed E-state index contributed by atoms with van der Waals surface area (Å²) in [4.78, 5) is 3.58. The zero-order valence-corrected chi connectivity index (χ0v) is 12.2. The Hall–Kier alpha value is -2.08. The second kappa shape index (κ2) is 5.13. The molecule has 0 aliphatic rings. The second-order valence-electron chi connectivity index (χ2n) is 4.94. The molecule has 0 saturated carbocycles. The molecule has 3 rings (SSSR count). The van der Waals surface area contributed by atoms with Crippen molar-refractivity contribution in [3.63, 3.8) is 0 Å². The van der Waals surface area contributed by atoms with Gasteiger partial charge in [0.25, 0.3) is 0 Å². The number of nitrogens with zero attached hydrogens (tertiary/aromatic N) is 3. The minimum Gasteiger partial charge on any atom is -0.397 e. The Morgan fingerprint density at radius 2 is 2.05 bits per heavy atom. The molecule has 5 nitrogen and oxygen atoms in total. The normalized spacial score (nSPS) is 11.3. The van der Waals surface area contributed by atoms with E-state index in [1.807, 2.05) is 12.1 Å². The van der Waals surface area contributed by atoms with E-state index in [0.717, 1.165) is 17.7 Å². The zero-order chi connectivity index (χ0) is 14.1. The zero-order valence-electron chi connectivity index (χ0n) is 11.4. The number of aromatic nitrogens is 2. The molecule has 0 fully saturated rings. The van der Waals surface area contributed by atoms with E-state index in [-0.39, 0.29) is 0 Å². The van der Waals surface area contributed by atoms with Crippen LogP contribution in [-0.4, -0.2) is 16.4 Å². The number of anilines is 2. The SMILES string of the molecule is CC(C)N(Cc1cccs1)c1ccc(N)c2nonc12. The molecule has 2 aromatic heterocycles. The fraction of sp³-hybridized carbons (Fsp3) is 0.286. The maximum atomic E-state index is 5.90. The average Bonchev–Trinajstić information content (AvgIpc) is 3.08. The van der Waals surface area contributed by atoms with Gasteiger partial charge >= 0.3 is 0 Å². The van der Waals surface area contributed by atoms with Crippen LogP contribution in [0.3, 0.4) is 0 Å². The smallest absolute Gasteiger partial charge is 0.160 e. The summed E-state index contributed by atoms with van der Waals surface area (Å²) in [5, 5.41) is 9.98. The van der Waals surface area contributed by atoms with Crippen molar-refractivity contribution in [1.29, 1.82) is 0 Å². The fourth-order valence-electron chi connectivity index (χ4n) is 2.22. The number of thiophene rings is 1. The van der Waals surface area contributed by atoms with Gasteiger partial charge in [0.05, 0.1) is 17.9 Å². The first-order chi connectivity index (χ1) is 9.66. The highest BCUT2D eigenvalue weighted by atomic mass is 32.1. The van der Waals surface area contributed by atoms with Crippen molar-refractivity contribution in [3.8, 4) is 0 Å². The lowest BCUT2D eigenvalue weighted by Crippen LogP contribution is -2.30. The summed E-state index contributed by atoms with van der Waals surface area (Å²) in [5.41, 5.74) is 8.83. The van der Waals surface area contributed by atoms with Crippen LogP contribution in [0.4, 0.5) is 11.4 Å². The first kappa shape index (κ1) is 12.9. The van der Waals surface area contributed by atoms with Crippen molar-refractivity contribution in [2.75, 3.05) is 10.6 Å². The molecule has 2 N–H and O–H groups in total. The largest absolute Gasteiger partial charge is 0.397 e. The topological polar surface area (TPSA) is 68.2 Å². The van der Waals surface area contributed by atoms with Crippen LogP contribution < -0.4 is 10.6 Å². The van der Waals surface area contributed by atoms with E-state index < -0.39 is 0 Å². The third kappa shape index (κ3) is 2.22. The first-order valence-electron chi connectivity index (χ1n) is 6.46. The molecule has 0 bridgehead atoms. The number of hydrogen-bond donors (Lipinski definition) is 1. The molecule has 6 heteroatoms. The van der Waals surface area contributed by atoms with Crippen LogP contribution in [0, 0.1) is 0 Å². The Bertz CT molecular complexity index is 705. The minimum atomic E-state index is 0.334. The maximum absolute atomic E-state index is 5.90. The van der Waals surface area contributed by atoms with E-state index in [0.29, 0.717) is 17.2 Å². The van der Waals surface area contributed by atoms with E-state index in [4.69, 9.17) is 10.4 Å². The summed E-state index contributed by atoms with van der Waals surface area (Å²) in [6, 6.07) is 8.37. The Morgan fingerprint density at radius 1 is 1.25 bits per heavy atom. The van der Waals surface area contributed by atoms with E-state index in [2.05, 4.69) is 46.6 Å². The molecule has 104 valence electrons. The summed E-state index contributed by atoms with van der Waals surface area (Å²) in [6.45, 7) is 5.15. The lowest BCUT2D eigenvalue weighted by molar-refractivity contribution is 0.315. The van der Waals surface area contributed by atoms with Gasteiger partial charge in [-0.1, -0.05) is 6.07 Å². The van der Waals surface area contributed by atoms with Crippen molar-refractivity contribution < 1.29 is 4.63 Å². The summed E-state index contributed by atoms with van der Waals surface area (Å²) in [6.07, 6.45) is 0. The second-order valence-corrected chi connectivity index (χ2v) is 5.97. The summed E-state index contributed by atoms with van der Waals surface area (Å²) < 4.78 is 4.85. The highest BCUT2D eigenvalue weighted by Gasteiger charge is 2.18. The lowest BCUT2D eigenvalue weighted by atomic mass is 10.2. The summed E-state index contributed by atoms with van der Waals surface area (Å²) in [7, 11) is 0. The third-order valence-electron chi connectivity index (χ3n) is 3.26. The maximum Gasteiger partial charge on any atom is 0.160 e. The molecule has 0 spiro atoms. The van der Waals surface area contributed by atoms with E-state index >= 15 is 0 Å². The fourth-order valence-corrected chi connectivity index (χ4v) is 2.92. The molecule has 0 saturated heterocycles. The van der Waals surface area contributed by atoms with Gasteiger partial charge < -0.3 is 10.6 Å². The molecule has 0 aliphatic heterocycles. The van der Waals surface area contributed by atoms with Crippen LogP contribution in [0.2, 0.25) is 0 Å². The van der Waals surface area contributed by atoms with Gasteiger partial charge in [0, 0.05) is 10.9 Å². The Labute approximate surface area is 121 Å². The highest BCUT2D eigenvalue weighted by Crippen LogP contribution is 2.31. The van der Waals surface area contributed by atoms with Gasteiger partial charge in [-0.05, 0) is 47.7 Å². The molecular weight excluding hydrogens is 272 g/mol. The van der Waals surface area contributed by atoms with Gasteiger partial charge in [0.1, 0.15) is 0 Å². The number of fused-ring (bicyclic) bond motifs is 1. The molecule has 0 radical (unpaired) electrons. The summed E-state index contributed by atoms with van der Waals surface area (Å²) in [5.74, 6) is 0. The molecule has 20 heavy (non-hydrogen) atoms. The van der Waals surface area contributed by atoms with Gasteiger partial charge in [-0.3, -0.25) is 0 Å². The van der Waals surface area contributed by atoms with Gasteiger partial charge in [-0.25, -0.2) is 4.63 Å². The van der Waals surface area contributed by atoms with Crippen molar-refractivity contribution in [2.45, 2.75) is 26.4 Å². The van der Waals surface area contributed by atoms with Crippen LogP contribution in [0.15, 0.2) is 34.3 Å². The third-order valence-corrected chi connectivity index (χ3v) is 4.13. The first-order valence-corrected chi connectivity index (χ1v) is 7.34. The van der Waals surface area contributed by atoms with Crippen molar-refractivity contribution in [1.82, 2.24) is 10.3 Å². The van der Waals surface area contributed by atoms with Gasteiger partial charge in [-0.2, -0.15) is 0 Å². The quantitative estimate of drug-likeness (QED) is 0.746. The molecular formula is C14H16N4OS. The number of rotatable bonds is 4. The van der Waals surface area contributed by atoms with E-state index in [1.54, 1.807) is 11.3 Å². The van der Waals surface area contributed by atoms with E-state index in [1.165, 1.54) is 4.88 Å². The number of nitrogens with two attached hydrogens (primary N) is 1. The number of nitrogen functional groups attached to an aromatic ring is 1. The summed E-state index contributed by atoms with van der Waals surface area (Å²) >= 11 is 1.75. The van der Waals surface area contributed by atoms with Crippen molar-refractivity contribution in [2.24, 2.45) is 0 Å². The predicted molar refractivity (Wildman–Crippen MR) is 81.9 cm³/mol. The average molecular weight is 288 g/mol. The molecule has 2 heterocycles. The molecule has 0 aliphatic carbocycles. The monoisotopic (exact) mass is 288 g/mol. The molecule has 0 unspecified atom stereocenters. The van der Waals surface area contributed by atoms with Gasteiger partial charge in [0.2, 0.25) is 0 Å². The Balaban J connectivity index is 2.05. The van der Waals surface area contributed by atoms with Crippen LogP contribution in [-0.2, 0) is 6.54 Å². The number of benzene rings is 1. The standard InChI is InChI=1S/C14H16N4OS/c1-9(2)18(8-10-4-3-7-20-10)12-6-5-11(15)13-14(12)17-19-16-13/h3-7,9H,8,15H2,1-2H3. The molecule has 3 aromatic rings. The Kier molecular flexibility index (Phi) is 3.31. The van der Waals surface area contributed by atoms with Gasteiger partial charge in [0.15, 0.2) is 11.0 Å². The highest BCUT2D eigenvalue weighted by molar-refractivity contribution is 7.09. The molecule has 0 atom stereocenters. The van der Waals surface area contributed by atoms with Crippen LogP contribution in [0.1, 0.15) is 18.7 Å². The van der Waals surface area contributed by atoms with Crippen molar-refractivity contribution in [3.05, 3.63) is 34.5 Å². The molecule has 0 amide bonds.